The summed E-state index contributed by atoms with van der Waals surface area (Å²) in [5.41, 5.74) is 11.4. The van der Waals surface area contributed by atoms with Gasteiger partial charge in [-0.2, -0.15) is 0 Å². The molecule has 0 spiro atoms. The first-order valence-electron chi connectivity index (χ1n) is 11.8. The maximum Gasteiger partial charge on any atom is 0.408 e. The minimum absolute atomic E-state index is 0.0886. The maximum atomic E-state index is 13.3. The molecule has 3 aromatic carbocycles. The molecule has 0 aliphatic carbocycles. The quantitative estimate of drug-likeness (QED) is 0.263. The number of nitrogens with one attached hydrogen (secondary N) is 2. The number of amides is 2. The number of benzene rings is 3. The zero-order valence-electron chi connectivity index (χ0n) is 20.1. The normalized spacial score (nSPS) is 11.4. The molecule has 190 valence electrons. The lowest BCUT2D eigenvalue weighted by atomic mass is 10.1. The van der Waals surface area contributed by atoms with Crippen LogP contribution < -0.4 is 21.1 Å². The Morgan fingerprint density at radius 3 is 2.49 bits per heavy atom. The van der Waals surface area contributed by atoms with Crippen LogP contribution in [0.4, 0.5) is 10.5 Å². The van der Waals surface area contributed by atoms with E-state index in [1.54, 1.807) is 53.2 Å². The largest absolute Gasteiger partial charge is 0.493 e. The molecule has 0 aliphatic heterocycles. The first kappa shape index (κ1) is 25.9. The molecule has 4 aromatic rings. The molecule has 2 amide bonds. The number of nitrogens with zero attached hydrogens (tertiary/aromatic N) is 1. The van der Waals surface area contributed by atoms with Crippen molar-refractivity contribution in [3.63, 3.8) is 0 Å². The van der Waals surface area contributed by atoms with Crippen molar-refractivity contribution in [2.75, 3.05) is 11.9 Å². The summed E-state index contributed by atoms with van der Waals surface area (Å²) in [4.78, 5) is 30.1. The van der Waals surface area contributed by atoms with Gasteiger partial charge in [-0.25, -0.2) is 9.78 Å². The number of thiazole rings is 1. The summed E-state index contributed by atoms with van der Waals surface area (Å²) in [7, 11) is 0. The van der Waals surface area contributed by atoms with Crippen molar-refractivity contribution in [2.24, 2.45) is 5.73 Å². The van der Waals surface area contributed by atoms with E-state index in [-0.39, 0.29) is 6.61 Å². The molecule has 1 atom stereocenters. The summed E-state index contributed by atoms with van der Waals surface area (Å²) < 4.78 is 11.2. The topological polar surface area (TPSA) is 116 Å². The monoisotopic (exact) mass is 516 g/mol. The Bertz CT molecular complexity index is 1280. The highest BCUT2D eigenvalue weighted by atomic mass is 32.1. The lowest BCUT2D eigenvalue weighted by Gasteiger charge is -2.19. The number of alkyl carbamates (subject to hydrolysis) is 1. The van der Waals surface area contributed by atoms with Gasteiger partial charge in [-0.15, -0.1) is 11.3 Å². The summed E-state index contributed by atoms with van der Waals surface area (Å²) in [5.74, 6) is 0.239. The predicted octanol–water partition coefficient (Wildman–Crippen LogP) is 4.83. The Morgan fingerprint density at radius 2 is 1.76 bits per heavy atom. The SMILES string of the molecule is NCc1cccc(NC(=O)[C@H](NC(=O)OCc2ccccc2)c2ccc(OCCc3cscn3)cc2)c1. The third-order valence-corrected chi connectivity index (χ3v) is 6.13. The molecule has 0 unspecified atom stereocenters. The van der Waals surface area contributed by atoms with Crippen LogP contribution in [-0.4, -0.2) is 23.6 Å². The van der Waals surface area contributed by atoms with Crippen LogP contribution in [0.2, 0.25) is 0 Å². The summed E-state index contributed by atoms with van der Waals surface area (Å²) in [6.45, 7) is 0.918. The van der Waals surface area contributed by atoms with E-state index in [1.165, 1.54) is 0 Å². The minimum atomic E-state index is -0.992. The highest BCUT2D eigenvalue weighted by molar-refractivity contribution is 7.07. The summed E-state index contributed by atoms with van der Waals surface area (Å²) in [5, 5.41) is 7.53. The smallest absolute Gasteiger partial charge is 0.408 e. The molecule has 1 heterocycles. The Labute approximate surface area is 219 Å². The van der Waals surface area contributed by atoms with E-state index in [9.17, 15) is 9.59 Å². The number of hydrogen-bond acceptors (Lipinski definition) is 7. The van der Waals surface area contributed by atoms with Gasteiger partial charge in [0.05, 0.1) is 17.8 Å². The third-order valence-electron chi connectivity index (χ3n) is 5.49. The summed E-state index contributed by atoms with van der Waals surface area (Å²) in [6.07, 6.45) is -0.00393. The highest BCUT2D eigenvalue weighted by Gasteiger charge is 2.24. The number of carbonyl (C=O) groups is 2. The van der Waals surface area contributed by atoms with Crippen LogP contribution in [0.25, 0.3) is 0 Å². The van der Waals surface area contributed by atoms with Crippen molar-refractivity contribution >= 4 is 29.0 Å². The van der Waals surface area contributed by atoms with E-state index in [2.05, 4.69) is 15.6 Å². The van der Waals surface area contributed by atoms with Gasteiger partial charge in [-0.3, -0.25) is 4.79 Å². The van der Waals surface area contributed by atoms with E-state index in [0.29, 0.717) is 36.6 Å². The van der Waals surface area contributed by atoms with Gasteiger partial charge in [-0.05, 0) is 41.0 Å². The molecule has 0 bridgehead atoms. The van der Waals surface area contributed by atoms with E-state index in [0.717, 1.165) is 16.8 Å². The van der Waals surface area contributed by atoms with Gasteiger partial charge in [0, 0.05) is 24.0 Å². The van der Waals surface area contributed by atoms with Gasteiger partial charge in [0.25, 0.3) is 5.91 Å². The number of rotatable bonds is 11. The number of carbonyl (C=O) groups excluding carboxylic acids is 2. The molecule has 0 saturated heterocycles. The van der Waals surface area contributed by atoms with Crippen LogP contribution in [0.3, 0.4) is 0 Å². The summed E-state index contributed by atoms with van der Waals surface area (Å²) in [6, 6.07) is 22.6. The number of hydrogen-bond donors (Lipinski definition) is 3. The van der Waals surface area contributed by atoms with Crippen molar-refractivity contribution in [1.82, 2.24) is 10.3 Å². The second-order valence-corrected chi connectivity index (χ2v) is 8.90. The van der Waals surface area contributed by atoms with E-state index < -0.39 is 18.0 Å². The van der Waals surface area contributed by atoms with Crippen molar-refractivity contribution in [3.8, 4) is 5.75 Å². The van der Waals surface area contributed by atoms with E-state index in [4.69, 9.17) is 15.2 Å². The fourth-order valence-electron chi connectivity index (χ4n) is 3.56. The molecule has 1 aromatic heterocycles. The number of ether oxygens (including phenoxy) is 2. The first-order valence-corrected chi connectivity index (χ1v) is 12.7. The Balaban J connectivity index is 1.44. The Morgan fingerprint density at radius 1 is 0.973 bits per heavy atom. The van der Waals surface area contributed by atoms with Crippen LogP contribution >= 0.6 is 11.3 Å². The molecule has 0 fully saturated rings. The van der Waals surface area contributed by atoms with E-state index in [1.807, 2.05) is 47.8 Å². The number of nitrogens with two attached hydrogens (primary N) is 1. The number of anilines is 1. The van der Waals surface area contributed by atoms with Crippen LogP contribution in [0, 0.1) is 0 Å². The van der Waals surface area contributed by atoms with Gasteiger partial charge in [0.15, 0.2) is 0 Å². The predicted molar refractivity (Wildman–Crippen MR) is 143 cm³/mol. The van der Waals surface area contributed by atoms with Gasteiger partial charge < -0.3 is 25.8 Å². The average Bonchev–Trinajstić information content (AvgIpc) is 3.45. The first-order chi connectivity index (χ1) is 18.1. The molecule has 8 nitrogen and oxygen atoms in total. The van der Waals surface area contributed by atoms with Crippen LogP contribution in [0.5, 0.6) is 5.75 Å². The second kappa shape index (κ2) is 13.2. The molecule has 0 saturated carbocycles. The van der Waals surface area contributed by atoms with Crippen molar-refractivity contribution in [3.05, 3.63) is 112 Å². The van der Waals surface area contributed by atoms with Gasteiger partial charge in [0.2, 0.25) is 0 Å². The standard InChI is InChI=1S/C28H28N4O4S/c29-16-21-7-4-8-23(15-21)31-27(33)26(32-28(34)36-17-20-5-2-1-3-6-20)22-9-11-25(12-10-22)35-14-13-24-18-37-19-30-24/h1-12,15,18-19,26H,13-14,16-17,29H2,(H,31,33)(H,32,34)/t26-/m1/s1. The van der Waals surface area contributed by atoms with Crippen molar-refractivity contribution < 1.29 is 19.1 Å². The molecule has 9 heteroatoms. The Hall–Kier alpha value is -4.21. The third kappa shape index (κ3) is 7.89. The van der Waals surface area contributed by atoms with Crippen LogP contribution in [0.1, 0.15) is 28.4 Å². The summed E-state index contributed by atoms with van der Waals surface area (Å²) >= 11 is 1.55. The number of aromatic nitrogens is 1. The van der Waals surface area contributed by atoms with Gasteiger partial charge in [0.1, 0.15) is 18.4 Å². The fourth-order valence-corrected chi connectivity index (χ4v) is 4.16. The van der Waals surface area contributed by atoms with Gasteiger partial charge >= 0.3 is 6.09 Å². The maximum absolute atomic E-state index is 13.3. The van der Waals surface area contributed by atoms with Crippen LogP contribution in [0.15, 0.2) is 89.8 Å². The second-order valence-electron chi connectivity index (χ2n) is 8.18. The highest BCUT2D eigenvalue weighted by Crippen LogP contribution is 2.21. The molecule has 37 heavy (non-hydrogen) atoms. The molecular weight excluding hydrogens is 488 g/mol. The molecular formula is C28H28N4O4S. The lowest BCUT2D eigenvalue weighted by Crippen LogP contribution is -2.37. The molecule has 0 aliphatic rings. The van der Waals surface area contributed by atoms with Gasteiger partial charge in [-0.1, -0.05) is 54.6 Å². The minimum Gasteiger partial charge on any atom is -0.493 e. The molecule has 4 N–H and O–H groups in total. The lowest BCUT2D eigenvalue weighted by molar-refractivity contribution is -0.118. The average molecular weight is 517 g/mol. The molecule has 0 radical (unpaired) electrons. The molecule has 4 rings (SSSR count). The van der Waals surface area contributed by atoms with E-state index >= 15 is 0 Å². The Kier molecular flexibility index (Phi) is 9.23. The zero-order valence-corrected chi connectivity index (χ0v) is 20.9. The van der Waals surface area contributed by atoms with Crippen LogP contribution in [-0.2, 0) is 29.1 Å². The fraction of sp³-hybridized carbons (Fsp3) is 0.179. The van der Waals surface area contributed by atoms with Crippen molar-refractivity contribution in [2.45, 2.75) is 25.6 Å². The van der Waals surface area contributed by atoms with Crippen molar-refractivity contribution in [1.29, 1.82) is 0 Å². The zero-order chi connectivity index (χ0) is 25.9.